The average Bonchev–Trinajstić information content (AvgIpc) is 2.94. The number of carbonyl (C=O) groups is 2. The highest BCUT2D eigenvalue weighted by Gasteiger charge is 2.27. The van der Waals surface area contributed by atoms with Crippen molar-refractivity contribution >= 4 is 60.7 Å². The number of amides is 2. The summed E-state index contributed by atoms with van der Waals surface area (Å²) in [5.41, 5.74) is 0.610. The van der Waals surface area contributed by atoms with Crippen molar-refractivity contribution in [3.63, 3.8) is 0 Å². The summed E-state index contributed by atoms with van der Waals surface area (Å²) in [5, 5.41) is 2.83. The van der Waals surface area contributed by atoms with Crippen molar-refractivity contribution < 1.29 is 14.3 Å². The molecule has 120 valence electrons. The molecule has 3 rings (SSSR count). The lowest BCUT2D eigenvalue weighted by atomic mass is 10.2. The van der Waals surface area contributed by atoms with Crippen molar-refractivity contribution in [3.8, 4) is 5.75 Å². The van der Waals surface area contributed by atoms with E-state index in [0.717, 1.165) is 13.1 Å². The van der Waals surface area contributed by atoms with Crippen LogP contribution in [0.5, 0.6) is 5.75 Å². The molecule has 0 spiro atoms. The lowest BCUT2D eigenvalue weighted by molar-refractivity contribution is -0.125. The largest absolute Gasteiger partial charge is 0.482 e. The van der Waals surface area contributed by atoms with Crippen LogP contribution < -0.4 is 15.0 Å². The van der Waals surface area contributed by atoms with E-state index >= 15 is 0 Å². The van der Waals surface area contributed by atoms with Crippen LogP contribution in [0.3, 0.4) is 0 Å². The number of nitrogens with one attached hydrogen (secondary N) is 1. The molecule has 1 N–H and O–H groups in total. The number of ether oxygens (including phenoxy) is 1. The van der Waals surface area contributed by atoms with Gasteiger partial charge in [0.2, 0.25) is 5.91 Å². The molecule has 0 saturated carbocycles. The zero-order valence-electron chi connectivity index (χ0n) is 11.8. The van der Waals surface area contributed by atoms with Crippen molar-refractivity contribution in [3.05, 3.63) is 43.5 Å². The Bertz CT molecular complexity index is 763. The van der Waals surface area contributed by atoms with Gasteiger partial charge in [-0.15, -0.1) is 11.3 Å². The van der Waals surface area contributed by atoms with Crippen LogP contribution in [0.2, 0.25) is 0 Å². The molecule has 2 aromatic rings. The lowest BCUT2D eigenvalue weighted by Gasteiger charge is -2.28. The second kappa shape index (κ2) is 7.02. The second-order valence-corrected chi connectivity index (χ2v) is 8.33. The highest BCUT2D eigenvalue weighted by Crippen LogP contribution is 2.34. The van der Waals surface area contributed by atoms with Gasteiger partial charge in [0, 0.05) is 9.35 Å². The van der Waals surface area contributed by atoms with Gasteiger partial charge in [0.25, 0.3) is 5.91 Å². The minimum Gasteiger partial charge on any atom is -0.482 e. The van der Waals surface area contributed by atoms with E-state index in [2.05, 4.69) is 37.2 Å². The van der Waals surface area contributed by atoms with Gasteiger partial charge in [0.05, 0.1) is 16.0 Å². The molecule has 1 aromatic heterocycles. The van der Waals surface area contributed by atoms with Crippen LogP contribution >= 0.6 is 43.2 Å². The van der Waals surface area contributed by atoms with Crippen molar-refractivity contribution in [2.24, 2.45) is 0 Å². The fourth-order valence-corrected chi connectivity index (χ4v) is 3.95. The number of halogens is 2. The van der Waals surface area contributed by atoms with E-state index in [1.54, 1.807) is 23.5 Å². The Hall–Kier alpha value is -1.38. The molecule has 0 atom stereocenters. The highest BCUT2D eigenvalue weighted by atomic mass is 79.9. The Labute approximate surface area is 153 Å². The van der Waals surface area contributed by atoms with E-state index in [0.29, 0.717) is 18.0 Å². The van der Waals surface area contributed by atoms with Crippen LogP contribution in [-0.4, -0.2) is 25.0 Å². The standard InChI is InChI=1S/C15H12Br2N2O3S/c16-9-1-3-11-12(5-9)22-8-15(21)19(11)7-14(20)18-6-10-2-4-13(17)23-10/h1-5H,6-8H2,(H,18,20). The fraction of sp³-hybridized carbons (Fsp3) is 0.200. The zero-order valence-corrected chi connectivity index (χ0v) is 15.8. The van der Waals surface area contributed by atoms with Gasteiger partial charge >= 0.3 is 0 Å². The Balaban J connectivity index is 1.67. The summed E-state index contributed by atoms with van der Waals surface area (Å²) < 4.78 is 7.28. The van der Waals surface area contributed by atoms with E-state index in [4.69, 9.17) is 4.74 Å². The van der Waals surface area contributed by atoms with Crippen LogP contribution in [0.25, 0.3) is 0 Å². The van der Waals surface area contributed by atoms with Crippen molar-refractivity contribution in [1.29, 1.82) is 0 Å². The molecule has 23 heavy (non-hydrogen) atoms. The van der Waals surface area contributed by atoms with E-state index in [1.807, 2.05) is 18.2 Å². The molecule has 5 nitrogen and oxygen atoms in total. The van der Waals surface area contributed by atoms with Crippen molar-refractivity contribution in [2.75, 3.05) is 18.1 Å². The number of fused-ring (bicyclic) bond motifs is 1. The Morgan fingerprint density at radius 2 is 2.13 bits per heavy atom. The molecule has 1 aromatic carbocycles. The zero-order chi connectivity index (χ0) is 16.4. The van der Waals surface area contributed by atoms with Gasteiger partial charge in [-0.1, -0.05) is 15.9 Å². The van der Waals surface area contributed by atoms with Gasteiger partial charge in [0.15, 0.2) is 6.61 Å². The number of benzene rings is 1. The summed E-state index contributed by atoms with van der Waals surface area (Å²) in [6.07, 6.45) is 0. The van der Waals surface area contributed by atoms with Gasteiger partial charge in [-0.25, -0.2) is 0 Å². The summed E-state index contributed by atoms with van der Waals surface area (Å²) in [4.78, 5) is 26.7. The van der Waals surface area contributed by atoms with E-state index in [-0.39, 0.29) is 25.0 Å². The predicted molar refractivity (Wildman–Crippen MR) is 95.9 cm³/mol. The molecule has 1 aliphatic heterocycles. The van der Waals surface area contributed by atoms with Crippen LogP contribution in [0.15, 0.2) is 38.6 Å². The first-order valence-electron chi connectivity index (χ1n) is 6.76. The third-order valence-electron chi connectivity index (χ3n) is 3.26. The third kappa shape index (κ3) is 3.94. The van der Waals surface area contributed by atoms with Gasteiger partial charge < -0.3 is 10.1 Å². The van der Waals surface area contributed by atoms with E-state index < -0.39 is 0 Å². The maximum atomic E-state index is 12.2. The molecule has 0 fully saturated rings. The van der Waals surface area contributed by atoms with Gasteiger partial charge in [0.1, 0.15) is 12.3 Å². The van der Waals surface area contributed by atoms with Gasteiger partial charge in [-0.2, -0.15) is 0 Å². The minimum atomic E-state index is -0.228. The Morgan fingerprint density at radius 3 is 2.87 bits per heavy atom. The predicted octanol–water partition coefficient (Wildman–Crippen LogP) is 3.31. The first-order chi connectivity index (χ1) is 11.0. The highest BCUT2D eigenvalue weighted by molar-refractivity contribution is 9.11. The lowest BCUT2D eigenvalue weighted by Crippen LogP contribution is -2.45. The number of carbonyl (C=O) groups excluding carboxylic acids is 2. The minimum absolute atomic E-state index is 0.0244. The number of thiophene rings is 1. The van der Waals surface area contributed by atoms with E-state index in [1.165, 1.54) is 4.90 Å². The molecular formula is C15H12Br2N2O3S. The molecule has 2 amide bonds. The number of anilines is 1. The Kier molecular flexibility index (Phi) is 5.03. The molecule has 2 heterocycles. The maximum Gasteiger partial charge on any atom is 0.265 e. The van der Waals surface area contributed by atoms with Crippen LogP contribution in [0, 0.1) is 0 Å². The molecule has 0 bridgehead atoms. The first kappa shape index (κ1) is 16.5. The summed E-state index contributed by atoms with van der Waals surface area (Å²) in [7, 11) is 0. The van der Waals surface area contributed by atoms with Crippen molar-refractivity contribution in [1.82, 2.24) is 5.32 Å². The van der Waals surface area contributed by atoms with Gasteiger partial charge in [-0.3, -0.25) is 14.5 Å². The molecule has 1 aliphatic rings. The van der Waals surface area contributed by atoms with E-state index in [9.17, 15) is 9.59 Å². The normalized spacial score (nSPS) is 13.5. The summed E-state index contributed by atoms with van der Waals surface area (Å²) in [5.74, 6) is 0.154. The van der Waals surface area contributed by atoms with Gasteiger partial charge in [-0.05, 0) is 46.3 Å². The number of hydrogen-bond acceptors (Lipinski definition) is 4. The summed E-state index contributed by atoms with van der Waals surface area (Å²) in [6, 6.07) is 9.25. The Morgan fingerprint density at radius 1 is 1.30 bits per heavy atom. The molecular weight excluding hydrogens is 448 g/mol. The van der Waals surface area contributed by atoms with Crippen LogP contribution in [0.1, 0.15) is 4.88 Å². The number of rotatable bonds is 4. The first-order valence-corrected chi connectivity index (χ1v) is 9.17. The molecule has 0 saturated heterocycles. The number of nitrogens with zero attached hydrogens (tertiary/aromatic N) is 1. The smallest absolute Gasteiger partial charge is 0.265 e. The monoisotopic (exact) mass is 458 g/mol. The SMILES string of the molecule is O=C(CN1C(=O)COc2cc(Br)ccc21)NCc1ccc(Br)s1. The fourth-order valence-electron chi connectivity index (χ4n) is 2.18. The maximum absolute atomic E-state index is 12.2. The molecule has 0 radical (unpaired) electrons. The van der Waals surface area contributed by atoms with Crippen molar-refractivity contribution in [2.45, 2.75) is 6.54 Å². The average molecular weight is 460 g/mol. The number of hydrogen-bond donors (Lipinski definition) is 1. The second-order valence-electron chi connectivity index (χ2n) is 4.86. The topological polar surface area (TPSA) is 58.6 Å². The molecule has 0 aliphatic carbocycles. The van der Waals surface area contributed by atoms with Crippen LogP contribution in [0.4, 0.5) is 5.69 Å². The quantitative estimate of drug-likeness (QED) is 0.762. The third-order valence-corrected chi connectivity index (χ3v) is 5.37. The summed E-state index contributed by atoms with van der Waals surface area (Å²) in [6.45, 7) is 0.360. The molecule has 0 unspecified atom stereocenters. The summed E-state index contributed by atoms with van der Waals surface area (Å²) >= 11 is 8.31. The molecule has 8 heteroatoms. The van der Waals surface area contributed by atoms with Crippen LogP contribution in [-0.2, 0) is 16.1 Å².